The van der Waals surface area contributed by atoms with Crippen LogP contribution in [0.4, 0.5) is 15.2 Å². The smallest absolute Gasteiger partial charge is 0.190 e. The number of thiazole rings is 1. The number of carbonyl (C=O) groups is 1. The van der Waals surface area contributed by atoms with Crippen molar-refractivity contribution in [3.05, 3.63) is 40.7 Å². The number of nitrogens with zero attached hydrogens (tertiary/aromatic N) is 2. The molecule has 0 aliphatic carbocycles. The largest absolute Gasteiger partial charge is 0.318 e. The van der Waals surface area contributed by atoms with Gasteiger partial charge in [0.2, 0.25) is 0 Å². The average Bonchev–Trinajstić information content (AvgIpc) is 2.84. The SMILES string of the molecule is CCN(c1cccc(F)c1)c1nc(C(C)C)c(C=O)s1. The van der Waals surface area contributed by atoms with E-state index in [4.69, 9.17) is 0 Å². The lowest BCUT2D eigenvalue weighted by molar-refractivity contribution is 0.112. The molecule has 0 aliphatic heterocycles. The molecule has 0 saturated heterocycles. The molecule has 0 aliphatic rings. The van der Waals surface area contributed by atoms with Gasteiger partial charge in [0.05, 0.1) is 10.6 Å². The van der Waals surface area contributed by atoms with Gasteiger partial charge >= 0.3 is 0 Å². The Balaban J connectivity index is 2.44. The summed E-state index contributed by atoms with van der Waals surface area (Å²) < 4.78 is 13.4. The van der Waals surface area contributed by atoms with Crippen molar-refractivity contribution in [2.75, 3.05) is 11.4 Å². The Morgan fingerprint density at radius 2 is 2.20 bits per heavy atom. The standard InChI is InChI=1S/C15H17FN2OS/c1-4-18(12-7-5-6-11(16)8-12)15-17-14(10(2)3)13(9-19)20-15/h5-10H,4H2,1-3H3. The van der Waals surface area contributed by atoms with Crippen molar-refractivity contribution in [1.82, 2.24) is 4.98 Å². The number of carbonyl (C=O) groups excluding carboxylic acids is 1. The molecule has 2 aromatic rings. The van der Waals surface area contributed by atoms with Crippen LogP contribution in [0.1, 0.15) is 42.1 Å². The van der Waals surface area contributed by atoms with Crippen LogP contribution < -0.4 is 4.90 Å². The molecule has 0 atom stereocenters. The molecule has 0 bridgehead atoms. The molecule has 2 rings (SSSR count). The minimum atomic E-state index is -0.280. The second-order valence-corrected chi connectivity index (χ2v) is 5.75. The van der Waals surface area contributed by atoms with Crippen LogP contribution in [0.5, 0.6) is 0 Å². The number of aldehydes is 1. The van der Waals surface area contributed by atoms with E-state index >= 15 is 0 Å². The predicted octanol–water partition coefficient (Wildman–Crippen LogP) is 4.38. The first-order chi connectivity index (χ1) is 9.56. The lowest BCUT2D eigenvalue weighted by Gasteiger charge is -2.19. The molecule has 20 heavy (non-hydrogen) atoms. The summed E-state index contributed by atoms with van der Waals surface area (Å²) in [5.41, 5.74) is 1.55. The normalized spacial score (nSPS) is 10.8. The highest BCUT2D eigenvalue weighted by molar-refractivity contribution is 7.17. The predicted molar refractivity (Wildman–Crippen MR) is 80.7 cm³/mol. The van der Waals surface area contributed by atoms with Crippen molar-refractivity contribution in [2.45, 2.75) is 26.7 Å². The van der Waals surface area contributed by atoms with Gasteiger partial charge < -0.3 is 4.90 Å². The number of aromatic nitrogens is 1. The van der Waals surface area contributed by atoms with Crippen LogP contribution >= 0.6 is 11.3 Å². The van der Waals surface area contributed by atoms with E-state index in [0.717, 1.165) is 22.8 Å². The Hall–Kier alpha value is -1.75. The van der Waals surface area contributed by atoms with E-state index in [0.29, 0.717) is 11.4 Å². The van der Waals surface area contributed by atoms with Crippen molar-refractivity contribution in [1.29, 1.82) is 0 Å². The van der Waals surface area contributed by atoms with Gasteiger partial charge in [-0.05, 0) is 31.0 Å². The van der Waals surface area contributed by atoms with E-state index < -0.39 is 0 Å². The number of benzene rings is 1. The number of hydrogen-bond donors (Lipinski definition) is 0. The summed E-state index contributed by atoms with van der Waals surface area (Å²) in [5.74, 6) is -0.0939. The van der Waals surface area contributed by atoms with Gasteiger partial charge in [0.15, 0.2) is 11.4 Å². The highest BCUT2D eigenvalue weighted by Crippen LogP contribution is 2.33. The number of anilines is 2. The van der Waals surface area contributed by atoms with Crippen molar-refractivity contribution in [3.63, 3.8) is 0 Å². The number of hydrogen-bond acceptors (Lipinski definition) is 4. The van der Waals surface area contributed by atoms with E-state index in [1.807, 2.05) is 31.7 Å². The molecule has 0 unspecified atom stereocenters. The molecule has 1 aromatic heterocycles. The van der Waals surface area contributed by atoms with Crippen LogP contribution in [0.25, 0.3) is 0 Å². The molecule has 0 saturated carbocycles. The summed E-state index contributed by atoms with van der Waals surface area (Å²) in [6.07, 6.45) is 0.843. The van der Waals surface area contributed by atoms with Gasteiger partial charge in [-0.3, -0.25) is 4.79 Å². The monoisotopic (exact) mass is 292 g/mol. The number of halogens is 1. The minimum Gasteiger partial charge on any atom is -0.318 e. The highest BCUT2D eigenvalue weighted by Gasteiger charge is 2.18. The molecule has 5 heteroatoms. The maximum atomic E-state index is 13.4. The van der Waals surface area contributed by atoms with E-state index in [1.54, 1.807) is 6.07 Å². The summed E-state index contributed by atoms with van der Waals surface area (Å²) in [5, 5.41) is 0.726. The third-order valence-corrected chi connectivity index (χ3v) is 4.01. The first kappa shape index (κ1) is 14.7. The van der Waals surface area contributed by atoms with Gasteiger partial charge in [-0.15, -0.1) is 0 Å². The zero-order chi connectivity index (χ0) is 14.7. The Morgan fingerprint density at radius 3 is 2.70 bits per heavy atom. The number of rotatable bonds is 5. The highest BCUT2D eigenvalue weighted by atomic mass is 32.1. The summed E-state index contributed by atoms with van der Waals surface area (Å²) in [6.45, 7) is 6.64. The van der Waals surface area contributed by atoms with Crippen LogP contribution in [-0.2, 0) is 0 Å². The van der Waals surface area contributed by atoms with Crippen molar-refractivity contribution >= 4 is 28.4 Å². The third-order valence-electron chi connectivity index (χ3n) is 2.99. The third kappa shape index (κ3) is 2.88. The summed E-state index contributed by atoms with van der Waals surface area (Å²) in [4.78, 5) is 18.2. The maximum Gasteiger partial charge on any atom is 0.190 e. The van der Waals surface area contributed by atoms with E-state index in [9.17, 15) is 9.18 Å². The molecule has 0 N–H and O–H groups in total. The first-order valence-electron chi connectivity index (χ1n) is 6.55. The average molecular weight is 292 g/mol. The Morgan fingerprint density at radius 1 is 1.45 bits per heavy atom. The molecule has 0 radical (unpaired) electrons. The molecule has 0 spiro atoms. The van der Waals surface area contributed by atoms with Crippen LogP contribution in [0.2, 0.25) is 0 Å². The van der Waals surface area contributed by atoms with Crippen LogP contribution in [0.15, 0.2) is 24.3 Å². The van der Waals surface area contributed by atoms with E-state index in [-0.39, 0.29) is 11.7 Å². The van der Waals surface area contributed by atoms with Crippen LogP contribution in [-0.4, -0.2) is 17.8 Å². The fraction of sp³-hybridized carbons (Fsp3) is 0.333. The molecular weight excluding hydrogens is 275 g/mol. The van der Waals surface area contributed by atoms with Crippen LogP contribution in [0.3, 0.4) is 0 Å². The molecule has 106 valence electrons. The van der Waals surface area contributed by atoms with Crippen molar-refractivity contribution in [2.24, 2.45) is 0 Å². The zero-order valence-corrected chi connectivity index (χ0v) is 12.6. The Labute approximate surface area is 122 Å². The van der Waals surface area contributed by atoms with Gasteiger partial charge in [0, 0.05) is 12.2 Å². The van der Waals surface area contributed by atoms with E-state index in [2.05, 4.69) is 4.98 Å². The van der Waals surface area contributed by atoms with Gasteiger partial charge in [0.1, 0.15) is 5.82 Å². The Kier molecular flexibility index (Phi) is 4.49. The van der Waals surface area contributed by atoms with Gasteiger partial charge in [0.25, 0.3) is 0 Å². The second-order valence-electron chi connectivity index (χ2n) is 4.74. The molecule has 1 heterocycles. The van der Waals surface area contributed by atoms with Crippen molar-refractivity contribution in [3.8, 4) is 0 Å². The molecule has 3 nitrogen and oxygen atoms in total. The lowest BCUT2D eigenvalue weighted by atomic mass is 10.1. The molecule has 1 aromatic carbocycles. The van der Waals surface area contributed by atoms with Gasteiger partial charge in [-0.2, -0.15) is 0 Å². The fourth-order valence-electron chi connectivity index (χ4n) is 2.02. The summed E-state index contributed by atoms with van der Waals surface area (Å²) in [7, 11) is 0. The summed E-state index contributed by atoms with van der Waals surface area (Å²) >= 11 is 1.35. The topological polar surface area (TPSA) is 33.2 Å². The van der Waals surface area contributed by atoms with Crippen LogP contribution in [0, 0.1) is 5.82 Å². The quantitative estimate of drug-likeness (QED) is 0.767. The van der Waals surface area contributed by atoms with Crippen molar-refractivity contribution < 1.29 is 9.18 Å². The molecule has 0 amide bonds. The summed E-state index contributed by atoms with van der Waals surface area (Å²) in [6, 6.07) is 6.39. The molecular formula is C15H17FN2OS. The Bertz CT molecular complexity index is 610. The lowest BCUT2D eigenvalue weighted by Crippen LogP contribution is -2.16. The zero-order valence-electron chi connectivity index (χ0n) is 11.8. The second kappa shape index (κ2) is 6.13. The van der Waals surface area contributed by atoms with Gasteiger partial charge in [-0.25, -0.2) is 9.37 Å². The van der Waals surface area contributed by atoms with Gasteiger partial charge in [-0.1, -0.05) is 31.3 Å². The first-order valence-corrected chi connectivity index (χ1v) is 7.37. The van der Waals surface area contributed by atoms with E-state index in [1.165, 1.54) is 23.5 Å². The fourth-order valence-corrected chi connectivity index (χ4v) is 3.14. The molecule has 0 fully saturated rings. The minimum absolute atomic E-state index is 0.186. The maximum absolute atomic E-state index is 13.4.